The number of ether oxygens (including phenoxy) is 3. The molecule has 0 saturated heterocycles. The maximum absolute atomic E-state index is 17.8. The van der Waals surface area contributed by atoms with Gasteiger partial charge in [0.2, 0.25) is 11.9 Å². The van der Waals surface area contributed by atoms with Crippen LogP contribution >= 0.6 is 0 Å². The molecule has 19 nitrogen and oxygen atoms in total. The van der Waals surface area contributed by atoms with E-state index in [2.05, 4.69) is 9.68 Å². The molecule has 4 aliphatic rings. The van der Waals surface area contributed by atoms with E-state index in [9.17, 15) is 59.2 Å². The van der Waals surface area contributed by atoms with Gasteiger partial charge in [-0.3, -0.25) is 24.0 Å². The Kier molecular flexibility index (Phi) is 13.6. The molecular weight excluding hydrogens is 751 g/mol. The van der Waals surface area contributed by atoms with Crippen molar-refractivity contribution in [2.75, 3.05) is 19.8 Å². The van der Waals surface area contributed by atoms with E-state index in [1.165, 1.54) is 18.2 Å². The Morgan fingerprint density at radius 1 is 0.964 bits per heavy atom. The number of ketones is 2. The molecule has 3 fully saturated rings. The lowest BCUT2D eigenvalue weighted by Crippen LogP contribution is -2.70. The number of rotatable bonds is 20. The van der Waals surface area contributed by atoms with Crippen LogP contribution in [0.5, 0.6) is 0 Å². The molecule has 3 saturated carbocycles. The fraction of sp³-hybridized carbons (Fsp3) is 0.722. The Morgan fingerprint density at radius 3 is 2.25 bits per heavy atom. The van der Waals surface area contributed by atoms with Gasteiger partial charge in [-0.05, 0) is 69.9 Å². The molecule has 0 aromatic carbocycles. The van der Waals surface area contributed by atoms with E-state index in [0.717, 1.165) is 0 Å². The summed E-state index contributed by atoms with van der Waals surface area (Å²) >= 11 is 0. The van der Waals surface area contributed by atoms with Crippen molar-refractivity contribution < 1.29 is 77.4 Å². The van der Waals surface area contributed by atoms with E-state index in [1.807, 2.05) is 0 Å². The molecular formula is C36H47FN2O17. The smallest absolute Gasteiger partial charge is 0.345 e. The molecule has 3 unspecified atom stereocenters. The monoisotopic (exact) mass is 798 g/mol. The van der Waals surface area contributed by atoms with E-state index in [0.29, 0.717) is 18.4 Å². The average Bonchev–Trinajstić information content (AvgIpc) is 3.33. The highest BCUT2D eigenvalue weighted by Gasteiger charge is 2.77. The van der Waals surface area contributed by atoms with Crippen molar-refractivity contribution in [2.24, 2.45) is 28.6 Å². The Morgan fingerprint density at radius 2 is 1.61 bits per heavy atom. The van der Waals surface area contributed by atoms with Crippen molar-refractivity contribution in [1.29, 1.82) is 0 Å². The number of aliphatic hydroxyl groups excluding tert-OH is 1. The number of halogens is 1. The number of carboxylic acid groups (broad SMARTS) is 1. The van der Waals surface area contributed by atoms with E-state index in [-0.39, 0.29) is 50.9 Å². The number of aliphatic hydroxyl groups is 1. The SMILES string of the molecule is C[C@H]1CC2C3CCC4=CC(=O)C=C[C@]4(C)[C@@]3(F)[C@@H](O)C[C@]2(C)[C@@]1(OC(=O)CCCO[N+](=O)[O-])C(=O)COC(=O)CC(OC(=O)CCCCCO[N+](=O)[O-])C(=O)O. The zero-order valence-corrected chi connectivity index (χ0v) is 31.3. The Bertz CT molecular complexity index is 1670. The predicted octanol–water partition coefficient (Wildman–Crippen LogP) is 3.14. The zero-order chi connectivity index (χ0) is 41.6. The fourth-order valence-electron chi connectivity index (χ4n) is 9.53. The zero-order valence-electron chi connectivity index (χ0n) is 31.3. The second-order valence-electron chi connectivity index (χ2n) is 15.2. The van der Waals surface area contributed by atoms with Crippen LogP contribution in [0.1, 0.15) is 91.4 Å². The van der Waals surface area contributed by atoms with Crippen molar-refractivity contribution in [1.82, 2.24) is 0 Å². The van der Waals surface area contributed by atoms with Gasteiger partial charge in [0.25, 0.3) is 10.2 Å². The third-order valence-electron chi connectivity index (χ3n) is 12.1. The first kappa shape index (κ1) is 43.7. The summed E-state index contributed by atoms with van der Waals surface area (Å²) in [5.41, 5.74) is -6.70. The Labute approximate surface area is 320 Å². The number of unbranched alkanes of at least 4 members (excludes halogenated alkanes) is 2. The van der Waals surface area contributed by atoms with Crippen molar-refractivity contribution in [3.8, 4) is 0 Å². The average molecular weight is 799 g/mol. The van der Waals surface area contributed by atoms with Crippen LogP contribution in [0, 0.1) is 48.8 Å². The third-order valence-corrected chi connectivity index (χ3v) is 12.1. The molecule has 20 heteroatoms. The summed E-state index contributed by atoms with van der Waals surface area (Å²) in [5, 5.41) is 40.2. The maximum atomic E-state index is 17.8. The van der Waals surface area contributed by atoms with Crippen molar-refractivity contribution >= 4 is 35.4 Å². The number of hydrogen-bond acceptors (Lipinski definition) is 16. The molecule has 0 bridgehead atoms. The van der Waals surface area contributed by atoms with E-state index >= 15 is 4.39 Å². The van der Waals surface area contributed by atoms with Crippen LogP contribution in [0.4, 0.5) is 4.39 Å². The molecule has 0 heterocycles. The normalized spacial score (nSPS) is 32.0. The van der Waals surface area contributed by atoms with E-state index in [1.54, 1.807) is 20.8 Å². The summed E-state index contributed by atoms with van der Waals surface area (Å²) in [6.07, 6.45) is -0.498. The predicted molar refractivity (Wildman–Crippen MR) is 183 cm³/mol. The molecule has 4 aliphatic carbocycles. The van der Waals surface area contributed by atoms with Gasteiger partial charge in [-0.2, -0.15) is 0 Å². The number of carbonyl (C=O) groups excluding carboxylic acids is 5. The summed E-state index contributed by atoms with van der Waals surface area (Å²) in [6.45, 7) is 3.10. The first-order chi connectivity index (χ1) is 26.2. The minimum atomic E-state index is -2.29. The Hall–Kier alpha value is -5.01. The highest BCUT2D eigenvalue weighted by atomic mass is 19.1. The number of fused-ring (bicyclic) bond motifs is 5. The number of esters is 3. The highest BCUT2D eigenvalue weighted by molar-refractivity contribution is 6.01. The summed E-state index contributed by atoms with van der Waals surface area (Å²) < 4.78 is 33.9. The molecule has 0 amide bonds. The number of nitrogens with zero attached hydrogens (tertiary/aromatic N) is 2. The minimum Gasteiger partial charge on any atom is -0.478 e. The molecule has 310 valence electrons. The molecule has 4 rings (SSSR count). The number of Topliss-reactive ketones (excluding diaryl/α,β-unsaturated/α-hetero) is 1. The molecule has 56 heavy (non-hydrogen) atoms. The summed E-state index contributed by atoms with van der Waals surface area (Å²) in [7, 11) is 0. The van der Waals surface area contributed by atoms with E-state index < -0.39 is 124 Å². The van der Waals surface area contributed by atoms with Gasteiger partial charge in [0.1, 0.15) is 0 Å². The number of alkyl halides is 1. The van der Waals surface area contributed by atoms with Gasteiger partial charge in [0.15, 0.2) is 23.7 Å². The number of allylic oxidation sites excluding steroid dienone is 4. The summed E-state index contributed by atoms with van der Waals surface area (Å²) in [5.74, 6) is -8.53. The highest BCUT2D eigenvalue weighted by Crippen LogP contribution is 2.71. The van der Waals surface area contributed by atoms with Crippen LogP contribution in [0.2, 0.25) is 0 Å². The van der Waals surface area contributed by atoms with Crippen LogP contribution in [0.15, 0.2) is 23.8 Å². The Balaban J connectivity index is 1.53. The van der Waals surface area contributed by atoms with Gasteiger partial charge in [-0.25, -0.2) is 9.18 Å². The lowest BCUT2D eigenvalue weighted by Gasteiger charge is -2.62. The molecule has 2 N–H and O–H groups in total. The van der Waals surface area contributed by atoms with Crippen LogP contribution < -0.4 is 0 Å². The molecule has 0 spiro atoms. The summed E-state index contributed by atoms with van der Waals surface area (Å²) in [4.78, 5) is 106. The molecule has 0 aromatic heterocycles. The third kappa shape index (κ3) is 8.53. The van der Waals surface area contributed by atoms with Gasteiger partial charge in [-0.15, -0.1) is 20.2 Å². The van der Waals surface area contributed by atoms with Gasteiger partial charge < -0.3 is 34.1 Å². The second-order valence-corrected chi connectivity index (χ2v) is 15.2. The molecule has 0 radical (unpaired) electrons. The van der Waals surface area contributed by atoms with Crippen molar-refractivity contribution in [3.63, 3.8) is 0 Å². The summed E-state index contributed by atoms with van der Waals surface area (Å²) in [6, 6.07) is 0. The first-order valence-corrected chi connectivity index (χ1v) is 18.4. The van der Waals surface area contributed by atoms with Crippen LogP contribution in [-0.2, 0) is 52.7 Å². The number of carboxylic acids is 1. The minimum absolute atomic E-state index is 0.133. The van der Waals surface area contributed by atoms with E-state index in [4.69, 9.17) is 14.2 Å². The van der Waals surface area contributed by atoms with Crippen LogP contribution in [0.25, 0.3) is 0 Å². The lowest BCUT2D eigenvalue weighted by molar-refractivity contribution is -0.757. The van der Waals surface area contributed by atoms with Crippen LogP contribution in [-0.4, -0.2) is 99.1 Å². The molecule has 0 aromatic rings. The van der Waals surface area contributed by atoms with Crippen LogP contribution in [0.3, 0.4) is 0 Å². The second kappa shape index (κ2) is 17.4. The standard InChI is InChI=1S/C36H47FN2O17/c1-21-16-25-24-11-10-22-17-23(40)12-13-33(22,2)35(24,37)27(41)19-34(25,3)36(21,56-30(44)9-7-15-54-39(50)51)28(42)20-52-31(45)18-26(32(46)47)55-29(43)8-5-4-6-14-53-38(48)49/h12-13,17,21,24-27,41H,4-11,14-16,18-20H2,1-3H3,(H,46,47)/t21-,24?,25?,26?,27-,33-,34-,35-,36-/m0/s1. The number of aliphatic carboxylic acids is 1. The lowest BCUT2D eigenvalue weighted by atomic mass is 9.44. The van der Waals surface area contributed by atoms with Crippen molar-refractivity contribution in [2.45, 2.75) is 115 Å². The van der Waals surface area contributed by atoms with Gasteiger partial charge in [-0.1, -0.05) is 31.9 Å². The molecule has 9 atom stereocenters. The van der Waals surface area contributed by atoms with Crippen molar-refractivity contribution in [3.05, 3.63) is 44.0 Å². The molecule has 0 aliphatic heterocycles. The number of carbonyl (C=O) groups is 6. The fourth-order valence-corrected chi connectivity index (χ4v) is 9.53. The largest absolute Gasteiger partial charge is 0.478 e. The topological polar surface area (TPSA) is 275 Å². The maximum Gasteiger partial charge on any atom is 0.345 e. The first-order valence-electron chi connectivity index (χ1n) is 18.4. The van der Waals surface area contributed by atoms with Gasteiger partial charge in [0.05, 0.1) is 25.7 Å². The van der Waals surface area contributed by atoms with Gasteiger partial charge >= 0.3 is 23.9 Å². The number of hydrogen-bond donors (Lipinski definition) is 2. The quantitative estimate of drug-likeness (QED) is 0.0588. The van der Waals surface area contributed by atoms with Gasteiger partial charge in [0, 0.05) is 35.5 Å².